The molecule has 0 radical (unpaired) electrons. The molecule has 2 N–H and O–H groups in total. The van der Waals surface area contributed by atoms with E-state index in [-0.39, 0.29) is 17.9 Å². The molecule has 2 heterocycles. The van der Waals surface area contributed by atoms with E-state index in [1.807, 2.05) is 42.5 Å². The van der Waals surface area contributed by atoms with E-state index in [9.17, 15) is 14.4 Å². The van der Waals surface area contributed by atoms with Crippen molar-refractivity contribution >= 4 is 29.4 Å². The molecule has 1 aromatic heterocycles. The van der Waals surface area contributed by atoms with Crippen LogP contribution in [0.5, 0.6) is 0 Å². The van der Waals surface area contributed by atoms with Gasteiger partial charge in [0.25, 0.3) is 5.91 Å². The zero-order chi connectivity index (χ0) is 25.7. The molecule has 2 fully saturated rings. The molecule has 4 amide bonds. The molecule has 4 rings (SSSR count). The van der Waals surface area contributed by atoms with E-state index in [2.05, 4.69) is 22.5 Å². The summed E-state index contributed by atoms with van der Waals surface area (Å²) in [5, 5.41) is 6.11. The Morgan fingerprint density at radius 3 is 2.53 bits per heavy atom. The normalized spacial score (nSPS) is 20.9. The van der Waals surface area contributed by atoms with E-state index in [0.29, 0.717) is 18.2 Å². The number of rotatable bonds is 8. The van der Waals surface area contributed by atoms with Crippen LogP contribution < -0.4 is 15.5 Å². The number of anilines is 2. The Morgan fingerprint density at radius 2 is 1.86 bits per heavy atom. The average molecular weight is 492 g/mol. The van der Waals surface area contributed by atoms with Gasteiger partial charge in [0, 0.05) is 32.0 Å². The number of imide groups is 1. The van der Waals surface area contributed by atoms with Gasteiger partial charge in [0.2, 0.25) is 5.91 Å². The second-order valence-corrected chi connectivity index (χ2v) is 9.86. The Hall–Kier alpha value is -3.42. The summed E-state index contributed by atoms with van der Waals surface area (Å²) in [5.74, 6) is -0.0892. The van der Waals surface area contributed by atoms with Gasteiger partial charge in [0.05, 0.1) is 5.92 Å². The second-order valence-electron chi connectivity index (χ2n) is 9.86. The highest BCUT2D eigenvalue weighted by Gasteiger charge is 2.55. The van der Waals surface area contributed by atoms with E-state index < -0.39 is 18.0 Å². The van der Waals surface area contributed by atoms with Gasteiger partial charge in [-0.25, -0.2) is 9.78 Å². The smallest absolute Gasteiger partial charge is 0.325 e. The predicted molar refractivity (Wildman–Crippen MR) is 141 cm³/mol. The Morgan fingerprint density at radius 1 is 1.14 bits per heavy atom. The van der Waals surface area contributed by atoms with E-state index in [4.69, 9.17) is 0 Å². The highest BCUT2D eigenvalue weighted by Crippen LogP contribution is 2.34. The summed E-state index contributed by atoms with van der Waals surface area (Å²) in [6.45, 7) is 2.06. The quantitative estimate of drug-likeness (QED) is 0.539. The maximum atomic E-state index is 13.7. The molecule has 1 aromatic carbocycles. The standard InChI is InChI=1S/C28H37N5O3/c1-4-23(20-11-7-5-8-12-20)31-28(36)33-25(27(35)32(3)21-13-9-6-10-14-21)22(26(33)34)17-19-15-16-30-24(18-19)29-2/h6,9-10,13-16,18,20,22-23,25H,4-5,7-8,11-12,17H2,1-3H3,(H,29,30)(H,31,36)/t22-,23-,25+/m1/s1. The van der Waals surface area contributed by atoms with Crippen molar-refractivity contribution in [1.29, 1.82) is 0 Å². The van der Waals surface area contributed by atoms with E-state index >= 15 is 0 Å². The number of urea groups is 1. The molecule has 8 heteroatoms. The number of likely N-dealkylation sites (N-methyl/N-ethyl adjacent to an activating group) is 1. The molecule has 192 valence electrons. The van der Waals surface area contributed by atoms with Crippen LogP contribution in [0.15, 0.2) is 48.7 Å². The molecule has 8 nitrogen and oxygen atoms in total. The van der Waals surface area contributed by atoms with Crippen LogP contribution in [0.2, 0.25) is 0 Å². The minimum absolute atomic E-state index is 0.00522. The Balaban J connectivity index is 1.56. The molecule has 1 saturated carbocycles. The lowest BCUT2D eigenvalue weighted by Gasteiger charge is -2.46. The highest BCUT2D eigenvalue weighted by atomic mass is 16.2. The molecule has 36 heavy (non-hydrogen) atoms. The lowest BCUT2D eigenvalue weighted by atomic mass is 9.81. The SMILES string of the molecule is CC[C@@H](NC(=O)N1C(=O)[C@H](Cc2ccnc(NC)c2)[C@H]1C(=O)N(C)c1ccccc1)C1CCCCC1. The Bertz CT molecular complexity index is 1070. The lowest BCUT2D eigenvalue weighted by molar-refractivity contribution is -0.156. The van der Waals surface area contributed by atoms with Crippen LogP contribution in [0, 0.1) is 11.8 Å². The van der Waals surface area contributed by atoms with Gasteiger partial charge in [0.15, 0.2) is 0 Å². The number of benzene rings is 1. The largest absolute Gasteiger partial charge is 0.373 e. The maximum Gasteiger partial charge on any atom is 0.325 e. The number of para-hydroxylation sites is 1. The second kappa shape index (κ2) is 11.5. The minimum atomic E-state index is -0.863. The van der Waals surface area contributed by atoms with E-state index in [1.54, 1.807) is 20.3 Å². The van der Waals surface area contributed by atoms with Crippen molar-refractivity contribution in [2.75, 3.05) is 24.3 Å². The van der Waals surface area contributed by atoms with Crippen LogP contribution in [0.25, 0.3) is 0 Å². The van der Waals surface area contributed by atoms with Crippen LogP contribution in [-0.4, -0.2) is 53.9 Å². The van der Waals surface area contributed by atoms with Crippen molar-refractivity contribution < 1.29 is 14.4 Å². The van der Waals surface area contributed by atoms with Crippen molar-refractivity contribution in [3.8, 4) is 0 Å². The van der Waals surface area contributed by atoms with Crippen LogP contribution in [-0.2, 0) is 16.0 Å². The number of nitrogens with one attached hydrogen (secondary N) is 2. The van der Waals surface area contributed by atoms with Gasteiger partial charge >= 0.3 is 6.03 Å². The molecule has 0 unspecified atom stereocenters. The third-order valence-electron chi connectivity index (χ3n) is 7.66. The molecule has 0 spiro atoms. The van der Waals surface area contributed by atoms with E-state index in [1.165, 1.54) is 24.2 Å². The molecule has 1 saturated heterocycles. The van der Waals surface area contributed by atoms with Crippen LogP contribution in [0.1, 0.15) is 51.0 Å². The number of pyridine rings is 1. The first-order valence-corrected chi connectivity index (χ1v) is 13.0. The number of amides is 4. The number of carbonyl (C=O) groups excluding carboxylic acids is 3. The molecule has 2 aliphatic rings. The monoisotopic (exact) mass is 491 g/mol. The van der Waals surface area contributed by atoms with Gasteiger partial charge in [-0.3, -0.25) is 14.5 Å². The summed E-state index contributed by atoms with van der Waals surface area (Å²) in [7, 11) is 3.47. The lowest BCUT2D eigenvalue weighted by Crippen LogP contribution is -2.71. The van der Waals surface area contributed by atoms with Crippen molar-refractivity contribution in [2.24, 2.45) is 11.8 Å². The van der Waals surface area contributed by atoms with Gasteiger partial charge in [-0.05, 0) is 61.4 Å². The van der Waals surface area contributed by atoms with Crippen LogP contribution in [0.3, 0.4) is 0 Å². The third-order valence-corrected chi connectivity index (χ3v) is 7.66. The first kappa shape index (κ1) is 25.7. The number of likely N-dealkylation sites (tertiary alicyclic amines) is 1. The Kier molecular flexibility index (Phi) is 8.23. The summed E-state index contributed by atoms with van der Waals surface area (Å²) in [6.07, 6.45) is 8.59. The van der Waals surface area contributed by atoms with Crippen LogP contribution in [0.4, 0.5) is 16.3 Å². The number of hydrogen-bond donors (Lipinski definition) is 2. The van der Waals surface area contributed by atoms with Gasteiger partial charge in [-0.1, -0.05) is 44.4 Å². The molecule has 2 aromatic rings. The van der Waals surface area contributed by atoms with Crippen molar-refractivity contribution in [3.63, 3.8) is 0 Å². The summed E-state index contributed by atoms with van der Waals surface area (Å²) in [4.78, 5) is 47.4. The highest BCUT2D eigenvalue weighted by molar-refractivity contribution is 6.12. The number of carbonyl (C=O) groups is 3. The number of aromatic nitrogens is 1. The fraction of sp³-hybridized carbons (Fsp3) is 0.500. The summed E-state index contributed by atoms with van der Waals surface area (Å²) in [6, 6.07) is 11.7. The van der Waals surface area contributed by atoms with Crippen molar-refractivity contribution in [1.82, 2.24) is 15.2 Å². The third kappa shape index (κ3) is 5.37. The fourth-order valence-electron chi connectivity index (χ4n) is 5.54. The summed E-state index contributed by atoms with van der Waals surface area (Å²) in [5.41, 5.74) is 1.61. The molecular weight excluding hydrogens is 454 g/mol. The number of hydrogen-bond acceptors (Lipinski definition) is 5. The summed E-state index contributed by atoms with van der Waals surface area (Å²) >= 11 is 0. The first-order chi connectivity index (χ1) is 17.4. The molecule has 3 atom stereocenters. The Labute approximate surface area is 213 Å². The zero-order valence-corrected chi connectivity index (χ0v) is 21.4. The van der Waals surface area contributed by atoms with Gasteiger partial charge in [0.1, 0.15) is 11.9 Å². The van der Waals surface area contributed by atoms with Gasteiger partial charge in [-0.2, -0.15) is 0 Å². The fourth-order valence-corrected chi connectivity index (χ4v) is 5.54. The van der Waals surface area contributed by atoms with Crippen molar-refractivity contribution in [3.05, 3.63) is 54.2 Å². The zero-order valence-electron chi connectivity index (χ0n) is 21.4. The molecule has 0 bridgehead atoms. The first-order valence-electron chi connectivity index (χ1n) is 13.0. The van der Waals surface area contributed by atoms with E-state index in [0.717, 1.165) is 35.4 Å². The molecular formula is C28H37N5O3. The van der Waals surface area contributed by atoms with Crippen molar-refractivity contribution in [2.45, 2.75) is 64.0 Å². The predicted octanol–water partition coefficient (Wildman–Crippen LogP) is 4.22. The average Bonchev–Trinajstić information content (AvgIpc) is 2.93. The maximum absolute atomic E-state index is 13.7. The topological polar surface area (TPSA) is 94.6 Å². The molecule has 1 aliphatic carbocycles. The molecule has 1 aliphatic heterocycles. The number of β-lactam (4-membered cyclic amide) rings is 1. The van der Waals surface area contributed by atoms with Gasteiger partial charge in [-0.15, -0.1) is 0 Å². The van der Waals surface area contributed by atoms with Gasteiger partial charge < -0.3 is 15.5 Å². The minimum Gasteiger partial charge on any atom is -0.373 e. The number of nitrogens with zero attached hydrogens (tertiary/aromatic N) is 3. The van der Waals surface area contributed by atoms with Crippen LogP contribution >= 0.6 is 0 Å². The summed E-state index contributed by atoms with van der Waals surface area (Å²) < 4.78 is 0.